The van der Waals surface area contributed by atoms with E-state index in [2.05, 4.69) is 24.1 Å². The lowest BCUT2D eigenvalue weighted by atomic mass is 9.65. The number of methoxy groups -OCH3 is 2. The molecule has 0 bridgehead atoms. The fourth-order valence-electron chi connectivity index (χ4n) is 4.01. The maximum Gasteiger partial charge on any atom is 0.161 e. The average molecular weight is 292 g/mol. The van der Waals surface area contributed by atoms with Crippen LogP contribution in [-0.4, -0.2) is 50.0 Å². The molecular formula is C17H25NO3. The topological polar surface area (TPSA) is 41.9 Å². The van der Waals surface area contributed by atoms with Crippen LogP contribution in [0.15, 0.2) is 18.2 Å². The third-order valence-electron chi connectivity index (χ3n) is 5.20. The average Bonchev–Trinajstić information content (AvgIpc) is 2.89. The predicted molar refractivity (Wildman–Crippen MR) is 82.1 cm³/mol. The summed E-state index contributed by atoms with van der Waals surface area (Å²) in [6.45, 7) is 0.959. The van der Waals surface area contributed by atoms with E-state index in [-0.39, 0.29) is 11.5 Å². The van der Waals surface area contributed by atoms with Gasteiger partial charge in [0.25, 0.3) is 0 Å². The minimum Gasteiger partial charge on any atom is -0.493 e. The van der Waals surface area contributed by atoms with Crippen molar-refractivity contribution in [3.8, 4) is 11.5 Å². The van der Waals surface area contributed by atoms with Crippen LogP contribution in [0, 0.1) is 0 Å². The van der Waals surface area contributed by atoms with Crippen LogP contribution in [0.25, 0.3) is 0 Å². The molecule has 2 aliphatic rings. The summed E-state index contributed by atoms with van der Waals surface area (Å²) in [6, 6.07) is 6.14. The second kappa shape index (κ2) is 5.50. The van der Waals surface area contributed by atoms with Crippen LogP contribution in [0.1, 0.15) is 32.6 Å². The van der Waals surface area contributed by atoms with Crippen LogP contribution in [0.2, 0.25) is 0 Å². The van der Waals surface area contributed by atoms with E-state index >= 15 is 0 Å². The lowest BCUT2D eigenvalue weighted by Gasteiger charge is -2.43. The molecule has 1 aromatic rings. The number of nitrogens with zero attached hydrogens (tertiary/aromatic N) is 1. The fraction of sp³-hybridized carbons (Fsp3) is 0.647. The molecule has 1 aromatic carbocycles. The lowest BCUT2D eigenvalue weighted by Crippen LogP contribution is -2.47. The van der Waals surface area contributed by atoms with Crippen molar-refractivity contribution < 1.29 is 16.0 Å². The summed E-state index contributed by atoms with van der Waals surface area (Å²) in [5.74, 6) is 1.46. The van der Waals surface area contributed by atoms with Gasteiger partial charge in [0.05, 0.1) is 20.3 Å². The van der Waals surface area contributed by atoms with Gasteiger partial charge in [-0.25, -0.2) is 0 Å². The molecule has 1 saturated heterocycles. The highest BCUT2D eigenvalue weighted by molar-refractivity contribution is 5.46. The molecule has 0 radical (unpaired) electrons. The minimum absolute atomic E-state index is 0.0503. The van der Waals surface area contributed by atoms with E-state index in [1.54, 1.807) is 14.2 Å². The molecule has 1 aliphatic carbocycles. The SMILES string of the molecule is [2H]C1[C@H](O)CC[C@@]2(c3ccc(OC)c(OC)c3)CCN(C)[C@@H]12. The second-order valence-corrected chi connectivity index (χ2v) is 6.20. The van der Waals surface area contributed by atoms with Crippen molar-refractivity contribution in [3.63, 3.8) is 0 Å². The summed E-state index contributed by atoms with van der Waals surface area (Å²) in [5.41, 5.74) is 1.13. The molecule has 0 aromatic heterocycles. The molecule has 1 saturated carbocycles. The number of aliphatic hydroxyl groups excluding tert-OH is 1. The molecule has 4 heteroatoms. The van der Waals surface area contributed by atoms with Crippen molar-refractivity contribution in [1.29, 1.82) is 0 Å². The van der Waals surface area contributed by atoms with Gasteiger partial charge in [-0.2, -0.15) is 0 Å². The van der Waals surface area contributed by atoms with Crippen molar-refractivity contribution >= 4 is 0 Å². The molecule has 4 nitrogen and oxygen atoms in total. The van der Waals surface area contributed by atoms with Gasteiger partial charge in [-0.1, -0.05) is 6.07 Å². The van der Waals surface area contributed by atoms with Gasteiger partial charge in [-0.3, -0.25) is 0 Å². The summed E-state index contributed by atoms with van der Waals surface area (Å²) >= 11 is 0. The van der Waals surface area contributed by atoms with Crippen LogP contribution < -0.4 is 9.47 Å². The van der Waals surface area contributed by atoms with Gasteiger partial charge in [0.2, 0.25) is 0 Å². The maximum absolute atomic E-state index is 10.1. The maximum atomic E-state index is 10.1. The molecule has 4 atom stereocenters. The van der Waals surface area contributed by atoms with E-state index in [9.17, 15) is 5.11 Å². The summed E-state index contributed by atoms with van der Waals surface area (Å²) in [6.07, 6.45) is 1.63. The standard InChI is InChI=1S/C17H25NO3/c1-18-9-8-17(7-6-13(19)11-16(17)18)12-4-5-14(20-2)15(10-12)21-3/h4-5,10,13,16,19H,6-9,11H2,1-3H3/t13-,16+,17+/m1/s1/i11D/t11?,13-,16+,17+. The van der Waals surface area contributed by atoms with Crippen LogP contribution in [-0.2, 0) is 5.41 Å². The van der Waals surface area contributed by atoms with Gasteiger partial charge in [-0.15, -0.1) is 0 Å². The van der Waals surface area contributed by atoms with Crippen molar-refractivity contribution in [2.45, 2.75) is 43.2 Å². The first-order valence-electron chi connectivity index (χ1n) is 8.14. The predicted octanol–water partition coefficient (Wildman–Crippen LogP) is 2.19. The molecule has 0 amide bonds. The Hall–Kier alpha value is -1.26. The second-order valence-electron chi connectivity index (χ2n) is 6.20. The van der Waals surface area contributed by atoms with Gasteiger partial charge >= 0.3 is 0 Å². The van der Waals surface area contributed by atoms with Crippen LogP contribution >= 0.6 is 0 Å². The Morgan fingerprint density at radius 1 is 1.29 bits per heavy atom. The number of benzene rings is 1. The Bertz CT molecular complexity index is 553. The zero-order valence-corrected chi connectivity index (χ0v) is 13.0. The van der Waals surface area contributed by atoms with Crippen LogP contribution in [0.4, 0.5) is 0 Å². The molecule has 1 aliphatic heterocycles. The van der Waals surface area contributed by atoms with Crippen LogP contribution in [0.5, 0.6) is 11.5 Å². The Morgan fingerprint density at radius 2 is 2.05 bits per heavy atom. The van der Waals surface area contributed by atoms with Crippen molar-refractivity contribution in [2.24, 2.45) is 0 Å². The highest BCUT2D eigenvalue weighted by atomic mass is 16.5. The van der Waals surface area contributed by atoms with Gasteiger partial charge < -0.3 is 19.5 Å². The number of aliphatic hydroxyl groups is 1. The van der Waals surface area contributed by atoms with E-state index in [4.69, 9.17) is 10.8 Å². The molecule has 1 N–H and O–H groups in total. The highest BCUT2D eigenvalue weighted by Crippen LogP contribution is 2.49. The van der Waals surface area contributed by atoms with Crippen molar-refractivity contribution in [3.05, 3.63) is 23.8 Å². The van der Waals surface area contributed by atoms with E-state index in [1.807, 2.05) is 6.07 Å². The Balaban J connectivity index is 2.05. The Morgan fingerprint density at radius 3 is 2.76 bits per heavy atom. The number of rotatable bonds is 3. The number of ether oxygens (including phenoxy) is 2. The van der Waals surface area contributed by atoms with Crippen molar-refractivity contribution in [1.82, 2.24) is 4.90 Å². The van der Waals surface area contributed by atoms with Gasteiger partial charge in [0.15, 0.2) is 11.5 Å². The number of hydrogen-bond acceptors (Lipinski definition) is 4. The monoisotopic (exact) mass is 292 g/mol. The summed E-state index contributed by atoms with van der Waals surface area (Å²) in [5, 5.41) is 10.1. The van der Waals surface area contributed by atoms with Gasteiger partial charge in [-0.05, 0) is 56.9 Å². The molecule has 2 fully saturated rings. The highest BCUT2D eigenvalue weighted by Gasteiger charge is 2.50. The third-order valence-corrected chi connectivity index (χ3v) is 5.20. The number of likely N-dealkylation sites (N-methyl/N-ethyl adjacent to an activating group) is 1. The van der Waals surface area contributed by atoms with E-state index < -0.39 is 12.5 Å². The number of fused-ring (bicyclic) bond motifs is 1. The first-order valence-corrected chi connectivity index (χ1v) is 7.56. The summed E-state index contributed by atoms with van der Waals surface area (Å²) in [7, 11) is 5.35. The molecule has 21 heavy (non-hydrogen) atoms. The minimum atomic E-state index is -0.529. The molecular weight excluding hydrogens is 266 g/mol. The fourth-order valence-corrected chi connectivity index (χ4v) is 4.01. The van der Waals surface area contributed by atoms with Gasteiger partial charge in [0.1, 0.15) is 0 Å². The molecule has 1 heterocycles. The first kappa shape index (κ1) is 13.4. The molecule has 1 unspecified atom stereocenters. The lowest BCUT2D eigenvalue weighted by molar-refractivity contribution is 0.0566. The van der Waals surface area contributed by atoms with Crippen LogP contribution in [0.3, 0.4) is 0 Å². The van der Waals surface area contributed by atoms with E-state index in [1.165, 1.54) is 5.56 Å². The Kier molecular flexibility index (Phi) is 3.51. The normalized spacial score (nSPS) is 37.0. The molecule has 3 rings (SSSR count). The Labute approximate surface area is 128 Å². The summed E-state index contributed by atoms with van der Waals surface area (Å²) < 4.78 is 19.2. The third kappa shape index (κ3) is 2.30. The van der Waals surface area contributed by atoms with Crippen molar-refractivity contribution in [2.75, 3.05) is 27.8 Å². The van der Waals surface area contributed by atoms with E-state index in [0.29, 0.717) is 6.42 Å². The molecule has 116 valence electrons. The quantitative estimate of drug-likeness (QED) is 0.927. The number of likely N-dealkylation sites (tertiary alicyclic amines) is 1. The van der Waals surface area contributed by atoms with E-state index in [0.717, 1.165) is 30.9 Å². The largest absolute Gasteiger partial charge is 0.493 e. The zero-order chi connectivity index (χ0) is 15.9. The molecule has 0 spiro atoms. The summed E-state index contributed by atoms with van der Waals surface area (Å²) in [4.78, 5) is 2.23. The smallest absolute Gasteiger partial charge is 0.161 e. The number of hydrogen-bond donors (Lipinski definition) is 1. The van der Waals surface area contributed by atoms with Gasteiger partial charge in [0, 0.05) is 12.8 Å². The first-order chi connectivity index (χ1) is 10.5. The zero-order valence-electron chi connectivity index (χ0n) is 14.0.